The molecule has 0 aliphatic carbocycles. The van der Waals surface area contributed by atoms with Gasteiger partial charge >= 0.3 is 0 Å². The standard InChI is InChI=1S/C23H22ClNO3S2/c1-4-7-25-22(26)21(30-23(25)29)14-17-13-18(24)5-6-20(17)28-9-8-27-19-11-15(2)10-16(3)12-19/h4-6,10-14H,1,7-9H2,2-3H3/b21-14-. The van der Waals surface area contributed by atoms with Crippen LogP contribution in [0.25, 0.3) is 6.08 Å². The molecule has 30 heavy (non-hydrogen) atoms. The van der Waals surface area contributed by atoms with Gasteiger partial charge < -0.3 is 9.47 Å². The van der Waals surface area contributed by atoms with Crippen LogP contribution in [-0.4, -0.2) is 34.9 Å². The molecular weight excluding hydrogens is 438 g/mol. The van der Waals surface area contributed by atoms with Gasteiger partial charge in [0.15, 0.2) is 0 Å². The molecule has 156 valence electrons. The van der Waals surface area contributed by atoms with Crippen molar-refractivity contribution in [2.45, 2.75) is 13.8 Å². The third-order valence-corrected chi connectivity index (χ3v) is 5.86. The lowest BCUT2D eigenvalue weighted by molar-refractivity contribution is -0.121. The zero-order chi connectivity index (χ0) is 21.7. The number of halogens is 1. The molecule has 7 heteroatoms. The number of hydrogen-bond donors (Lipinski definition) is 0. The number of carbonyl (C=O) groups is 1. The molecule has 0 aromatic heterocycles. The molecule has 1 fully saturated rings. The second-order valence-corrected chi connectivity index (χ2v) is 8.90. The Hall–Kier alpha value is -2.28. The molecule has 0 N–H and O–H groups in total. The first-order valence-electron chi connectivity index (χ1n) is 9.37. The summed E-state index contributed by atoms with van der Waals surface area (Å²) in [7, 11) is 0. The highest BCUT2D eigenvalue weighted by atomic mass is 35.5. The van der Waals surface area contributed by atoms with E-state index in [4.69, 9.17) is 33.3 Å². The van der Waals surface area contributed by atoms with Gasteiger partial charge in [-0.25, -0.2) is 0 Å². The van der Waals surface area contributed by atoms with Crippen LogP contribution in [0.15, 0.2) is 54.0 Å². The maximum Gasteiger partial charge on any atom is 0.266 e. The van der Waals surface area contributed by atoms with E-state index < -0.39 is 0 Å². The minimum Gasteiger partial charge on any atom is -0.490 e. The van der Waals surface area contributed by atoms with Gasteiger partial charge in [0.05, 0.1) is 4.91 Å². The van der Waals surface area contributed by atoms with Crippen molar-refractivity contribution in [3.05, 3.63) is 75.7 Å². The first-order chi connectivity index (χ1) is 14.4. The number of thioether (sulfide) groups is 1. The second kappa shape index (κ2) is 10.2. The van der Waals surface area contributed by atoms with Crippen molar-refractivity contribution < 1.29 is 14.3 Å². The maximum atomic E-state index is 12.6. The molecule has 0 radical (unpaired) electrons. The van der Waals surface area contributed by atoms with Crippen molar-refractivity contribution in [1.29, 1.82) is 0 Å². The molecule has 3 rings (SSSR count). The van der Waals surface area contributed by atoms with E-state index in [1.54, 1.807) is 30.4 Å². The zero-order valence-corrected chi connectivity index (χ0v) is 19.2. The summed E-state index contributed by atoms with van der Waals surface area (Å²) in [4.78, 5) is 14.6. The molecule has 1 amide bonds. The fraction of sp³-hybridized carbons (Fsp3) is 0.217. The van der Waals surface area contributed by atoms with E-state index in [0.717, 1.165) is 16.9 Å². The van der Waals surface area contributed by atoms with Crippen molar-refractivity contribution in [2.24, 2.45) is 0 Å². The quantitative estimate of drug-likeness (QED) is 0.216. The summed E-state index contributed by atoms with van der Waals surface area (Å²) >= 11 is 12.7. The summed E-state index contributed by atoms with van der Waals surface area (Å²) in [5, 5.41) is 0.557. The third-order valence-electron chi connectivity index (χ3n) is 4.25. The highest BCUT2D eigenvalue weighted by Gasteiger charge is 2.31. The number of benzene rings is 2. The Labute approximate surface area is 191 Å². The number of carbonyl (C=O) groups excluding carboxylic acids is 1. The minimum absolute atomic E-state index is 0.144. The number of rotatable bonds is 8. The maximum absolute atomic E-state index is 12.6. The summed E-state index contributed by atoms with van der Waals surface area (Å²) in [6, 6.07) is 11.4. The van der Waals surface area contributed by atoms with Crippen LogP contribution in [0.5, 0.6) is 11.5 Å². The molecule has 1 saturated heterocycles. The fourth-order valence-electron chi connectivity index (χ4n) is 3.02. The summed E-state index contributed by atoms with van der Waals surface area (Å²) in [6.07, 6.45) is 3.41. The minimum atomic E-state index is -0.144. The average Bonchev–Trinajstić information content (AvgIpc) is 2.94. The van der Waals surface area contributed by atoms with Crippen molar-refractivity contribution in [2.75, 3.05) is 19.8 Å². The van der Waals surface area contributed by atoms with Crippen LogP contribution in [-0.2, 0) is 4.79 Å². The molecule has 0 spiro atoms. The highest BCUT2D eigenvalue weighted by Crippen LogP contribution is 2.35. The van der Waals surface area contributed by atoms with Gasteiger partial charge in [0.2, 0.25) is 0 Å². The van der Waals surface area contributed by atoms with E-state index in [9.17, 15) is 4.79 Å². The average molecular weight is 460 g/mol. The van der Waals surface area contributed by atoms with E-state index in [1.165, 1.54) is 16.7 Å². The van der Waals surface area contributed by atoms with E-state index in [0.29, 0.717) is 45.3 Å². The fourth-order valence-corrected chi connectivity index (χ4v) is 4.47. The largest absolute Gasteiger partial charge is 0.490 e. The lowest BCUT2D eigenvalue weighted by Crippen LogP contribution is -2.27. The Balaban J connectivity index is 1.69. The van der Waals surface area contributed by atoms with Crippen LogP contribution in [0.2, 0.25) is 5.02 Å². The molecule has 2 aromatic rings. The van der Waals surface area contributed by atoms with Crippen LogP contribution >= 0.6 is 35.6 Å². The summed E-state index contributed by atoms with van der Waals surface area (Å²) in [5.41, 5.74) is 3.02. The first kappa shape index (κ1) is 22.4. The van der Waals surface area contributed by atoms with E-state index in [-0.39, 0.29) is 5.91 Å². The number of nitrogens with zero attached hydrogens (tertiary/aromatic N) is 1. The van der Waals surface area contributed by atoms with Gasteiger partial charge in [-0.05, 0) is 61.4 Å². The smallest absolute Gasteiger partial charge is 0.266 e. The van der Waals surface area contributed by atoms with Crippen LogP contribution in [0.4, 0.5) is 0 Å². The van der Waals surface area contributed by atoms with Gasteiger partial charge in [-0.15, -0.1) is 6.58 Å². The van der Waals surface area contributed by atoms with Gasteiger partial charge in [-0.1, -0.05) is 47.7 Å². The summed E-state index contributed by atoms with van der Waals surface area (Å²) in [5.74, 6) is 1.30. The van der Waals surface area contributed by atoms with Crippen molar-refractivity contribution in [3.8, 4) is 11.5 Å². The molecule has 2 aromatic carbocycles. The monoisotopic (exact) mass is 459 g/mol. The molecule has 1 heterocycles. The van der Waals surface area contributed by atoms with E-state index in [2.05, 4.69) is 12.6 Å². The molecule has 0 unspecified atom stereocenters. The second-order valence-electron chi connectivity index (χ2n) is 6.78. The summed E-state index contributed by atoms with van der Waals surface area (Å²) < 4.78 is 12.2. The van der Waals surface area contributed by atoms with Gasteiger partial charge in [-0.3, -0.25) is 9.69 Å². The topological polar surface area (TPSA) is 38.8 Å². The van der Waals surface area contributed by atoms with Crippen molar-refractivity contribution >= 4 is 51.9 Å². The number of amides is 1. The Morgan fingerprint density at radius 1 is 1.13 bits per heavy atom. The number of thiocarbonyl (C=S) groups is 1. The number of hydrogen-bond acceptors (Lipinski definition) is 5. The molecule has 0 atom stereocenters. The highest BCUT2D eigenvalue weighted by molar-refractivity contribution is 8.26. The molecule has 1 aliphatic heterocycles. The van der Waals surface area contributed by atoms with Crippen molar-refractivity contribution in [1.82, 2.24) is 4.90 Å². The third kappa shape index (κ3) is 5.65. The van der Waals surface area contributed by atoms with Gasteiger partial charge in [0, 0.05) is 17.1 Å². The van der Waals surface area contributed by atoms with Crippen molar-refractivity contribution in [3.63, 3.8) is 0 Å². The molecule has 1 aliphatic rings. The molecular formula is C23H22ClNO3S2. The lowest BCUT2D eigenvalue weighted by Gasteiger charge is -2.12. The molecule has 0 saturated carbocycles. The van der Waals surface area contributed by atoms with Gasteiger partial charge in [-0.2, -0.15) is 0 Å². The predicted octanol–water partition coefficient (Wildman–Crippen LogP) is 5.80. The predicted molar refractivity (Wildman–Crippen MR) is 128 cm³/mol. The molecule has 0 bridgehead atoms. The molecule has 4 nitrogen and oxygen atoms in total. The normalized spacial score (nSPS) is 15.0. The summed E-state index contributed by atoms with van der Waals surface area (Å²) in [6.45, 7) is 8.88. The van der Waals surface area contributed by atoms with Gasteiger partial charge in [0.25, 0.3) is 5.91 Å². The van der Waals surface area contributed by atoms with Crippen LogP contribution in [0, 0.1) is 13.8 Å². The Morgan fingerprint density at radius 3 is 2.53 bits per heavy atom. The van der Waals surface area contributed by atoms with Crippen LogP contribution < -0.4 is 9.47 Å². The Morgan fingerprint density at radius 2 is 1.83 bits per heavy atom. The number of aryl methyl sites for hydroxylation is 2. The number of ether oxygens (including phenoxy) is 2. The van der Waals surface area contributed by atoms with Crippen LogP contribution in [0.1, 0.15) is 16.7 Å². The SMILES string of the molecule is C=CCN1C(=O)/C(=C/c2cc(Cl)ccc2OCCOc2cc(C)cc(C)c2)SC1=S. The Kier molecular flexibility index (Phi) is 7.58. The zero-order valence-electron chi connectivity index (χ0n) is 16.8. The van der Waals surface area contributed by atoms with E-state index >= 15 is 0 Å². The lowest BCUT2D eigenvalue weighted by atomic mass is 10.1. The van der Waals surface area contributed by atoms with Crippen LogP contribution in [0.3, 0.4) is 0 Å². The first-order valence-corrected chi connectivity index (χ1v) is 11.0. The Bertz CT molecular complexity index is 999. The van der Waals surface area contributed by atoms with Gasteiger partial charge in [0.1, 0.15) is 29.0 Å². The van der Waals surface area contributed by atoms with E-state index in [1.807, 2.05) is 26.0 Å².